The summed E-state index contributed by atoms with van der Waals surface area (Å²) < 4.78 is 37.9. The van der Waals surface area contributed by atoms with Crippen LogP contribution in [0.3, 0.4) is 0 Å². The van der Waals surface area contributed by atoms with Crippen molar-refractivity contribution in [2.75, 3.05) is 0 Å². The third-order valence-electron chi connectivity index (χ3n) is 2.37. The molecule has 1 aromatic carbocycles. The maximum absolute atomic E-state index is 12.4. The minimum Gasteiger partial charge on any atom is -0.448 e. The van der Waals surface area contributed by atoms with Gasteiger partial charge in [0.2, 0.25) is 0 Å². The van der Waals surface area contributed by atoms with E-state index in [1.165, 1.54) is 24.4 Å². The van der Waals surface area contributed by atoms with Gasteiger partial charge in [-0.05, 0) is 12.5 Å². The number of para-hydroxylation sites is 1. The fraction of sp³-hybridized carbons (Fsp3) is 0.111. The van der Waals surface area contributed by atoms with Crippen LogP contribution in [0.2, 0.25) is 0 Å². The Morgan fingerprint density at radius 1 is 1.29 bits per heavy atom. The number of aromatic nitrogens is 1. The van der Waals surface area contributed by atoms with E-state index in [0.29, 0.717) is 5.39 Å². The molecule has 0 saturated carbocycles. The highest BCUT2D eigenvalue weighted by molar-refractivity contribution is 6.57. The predicted octanol–water partition coefficient (Wildman–Crippen LogP) is 2.94. The van der Waals surface area contributed by atoms with Gasteiger partial charge in [-0.2, -0.15) is 0 Å². The minimum absolute atomic E-state index is 0.0108. The molecule has 0 atom stereocenters. The SMILES string of the molecule is O=[N+]([O-])c1cccc2ccn(C[B-](F)(F)F)c12. The highest BCUT2D eigenvalue weighted by Crippen LogP contribution is 2.27. The van der Waals surface area contributed by atoms with Crippen molar-refractivity contribution < 1.29 is 17.9 Å². The Bertz CT molecular complexity index is 579. The largest absolute Gasteiger partial charge is 0.497 e. The zero-order valence-corrected chi connectivity index (χ0v) is 8.52. The van der Waals surface area contributed by atoms with E-state index in [0.717, 1.165) is 4.57 Å². The summed E-state index contributed by atoms with van der Waals surface area (Å²) >= 11 is 0. The molecule has 2 rings (SSSR count). The normalized spacial score (nSPS) is 11.9. The molecule has 0 aliphatic carbocycles. The van der Waals surface area contributed by atoms with E-state index in [1.807, 2.05) is 0 Å². The smallest absolute Gasteiger partial charge is 0.448 e. The average Bonchev–Trinajstić information content (AvgIpc) is 2.59. The van der Waals surface area contributed by atoms with Crippen LogP contribution in [-0.4, -0.2) is 16.5 Å². The number of rotatable bonds is 3. The summed E-state index contributed by atoms with van der Waals surface area (Å²) in [5, 5.41) is 11.2. The lowest BCUT2D eigenvalue weighted by Crippen LogP contribution is -2.23. The van der Waals surface area contributed by atoms with Crippen molar-refractivity contribution in [2.45, 2.75) is 6.44 Å². The molecule has 0 amide bonds. The van der Waals surface area contributed by atoms with Crippen molar-refractivity contribution >= 4 is 23.6 Å². The van der Waals surface area contributed by atoms with E-state index in [4.69, 9.17) is 0 Å². The van der Waals surface area contributed by atoms with Crippen molar-refractivity contribution in [3.8, 4) is 0 Å². The van der Waals surface area contributed by atoms with Crippen LogP contribution in [0.25, 0.3) is 10.9 Å². The summed E-state index contributed by atoms with van der Waals surface area (Å²) in [6, 6.07) is 5.62. The van der Waals surface area contributed by atoms with E-state index >= 15 is 0 Å². The van der Waals surface area contributed by atoms with Gasteiger partial charge >= 0.3 is 6.98 Å². The molecule has 90 valence electrons. The first-order valence-corrected chi connectivity index (χ1v) is 4.82. The van der Waals surface area contributed by atoms with Crippen LogP contribution < -0.4 is 0 Å². The van der Waals surface area contributed by atoms with Crippen molar-refractivity contribution in [3.63, 3.8) is 0 Å². The van der Waals surface area contributed by atoms with Gasteiger partial charge in [0, 0.05) is 17.6 Å². The van der Waals surface area contributed by atoms with Crippen molar-refractivity contribution in [3.05, 3.63) is 40.6 Å². The summed E-state index contributed by atoms with van der Waals surface area (Å²) in [7, 11) is 0. The van der Waals surface area contributed by atoms with Crippen molar-refractivity contribution in [1.29, 1.82) is 0 Å². The number of hydrogen-bond donors (Lipinski definition) is 0. The molecule has 1 heterocycles. The fourth-order valence-corrected chi connectivity index (χ4v) is 1.76. The number of fused-ring (bicyclic) bond motifs is 1. The summed E-state index contributed by atoms with van der Waals surface area (Å²) in [4.78, 5) is 10.1. The number of nitrogens with zero attached hydrogens (tertiary/aromatic N) is 2. The van der Waals surface area contributed by atoms with Gasteiger partial charge in [0.15, 0.2) is 0 Å². The van der Waals surface area contributed by atoms with Gasteiger partial charge in [0.05, 0.1) is 4.92 Å². The standard InChI is InChI=1S/C9H7BF3N2O2/c11-10(12,13)6-14-5-4-7-2-1-3-8(9(7)14)15(16)17/h1-5H,6H2/q-1. The Hall–Kier alpha value is -1.99. The van der Waals surface area contributed by atoms with Gasteiger partial charge < -0.3 is 17.5 Å². The van der Waals surface area contributed by atoms with Crippen molar-refractivity contribution in [2.24, 2.45) is 0 Å². The molecule has 0 saturated heterocycles. The molecule has 2 aromatic rings. The van der Waals surface area contributed by atoms with E-state index in [1.54, 1.807) is 6.07 Å². The molecule has 0 fully saturated rings. The lowest BCUT2D eigenvalue weighted by Gasteiger charge is -2.15. The molecule has 0 aliphatic heterocycles. The molecule has 17 heavy (non-hydrogen) atoms. The highest BCUT2D eigenvalue weighted by Gasteiger charge is 2.26. The van der Waals surface area contributed by atoms with Gasteiger partial charge in [-0.1, -0.05) is 12.1 Å². The Labute approximate surface area is 93.9 Å². The number of benzene rings is 1. The number of nitro groups is 1. The van der Waals surface area contributed by atoms with E-state index in [2.05, 4.69) is 0 Å². The predicted molar refractivity (Wildman–Crippen MR) is 57.7 cm³/mol. The average molecular weight is 243 g/mol. The molecule has 8 heteroatoms. The first-order valence-electron chi connectivity index (χ1n) is 4.82. The quantitative estimate of drug-likeness (QED) is 0.472. The zero-order valence-electron chi connectivity index (χ0n) is 8.52. The number of hydrogen-bond acceptors (Lipinski definition) is 2. The molecule has 0 N–H and O–H groups in total. The van der Waals surface area contributed by atoms with Crippen LogP contribution in [-0.2, 0) is 6.44 Å². The molecule has 0 radical (unpaired) electrons. The van der Waals surface area contributed by atoms with Crippen molar-refractivity contribution in [1.82, 2.24) is 4.57 Å². The molecule has 0 spiro atoms. The maximum Gasteiger partial charge on any atom is 0.497 e. The van der Waals surface area contributed by atoms with E-state index in [9.17, 15) is 23.1 Å². The van der Waals surface area contributed by atoms with E-state index < -0.39 is 18.3 Å². The Morgan fingerprint density at radius 3 is 2.59 bits per heavy atom. The lowest BCUT2D eigenvalue weighted by molar-refractivity contribution is -0.383. The first-order chi connectivity index (χ1) is 7.88. The second-order valence-electron chi connectivity index (χ2n) is 3.65. The molecule has 0 unspecified atom stereocenters. The molecular weight excluding hydrogens is 236 g/mol. The highest BCUT2D eigenvalue weighted by atomic mass is 19.4. The molecule has 1 aromatic heterocycles. The zero-order chi connectivity index (χ0) is 12.6. The number of nitro benzene ring substituents is 1. The Kier molecular flexibility index (Phi) is 2.57. The van der Waals surface area contributed by atoms with Gasteiger partial charge in [-0.3, -0.25) is 10.1 Å². The Morgan fingerprint density at radius 2 is 2.00 bits per heavy atom. The third-order valence-corrected chi connectivity index (χ3v) is 2.37. The minimum atomic E-state index is -5.03. The van der Waals surface area contributed by atoms with Crippen LogP contribution in [0.4, 0.5) is 18.6 Å². The van der Waals surface area contributed by atoms with Crippen LogP contribution in [0.5, 0.6) is 0 Å². The summed E-state index contributed by atoms with van der Waals surface area (Å²) in [6.07, 6.45) is 0.0429. The van der Waals surface area contributed by atoms with Crippen LogP contribution in [0.1, 0.15) is 0 Å². The third kappa shape index (κ3) is 2.25. The van der Waals surface area contributed by atoms with Gasteiger partial charge in [-0.25, -0.2) is 0 Å². The van der Waals surface area contributed by atoms with Gasteiger partial charge in [-0.15, -0.1) is 0 Å². The molecule has 0 bridgehead atoms. The second kappa shape index (κ2) is 3.79. The molecular formula is C9H7BF3N2O2-. The summed E-state index contributed by atoms with van der Waals surface area (Å²) in [5.41, 5.74) is -0.302. The number of halogens is 3. The Balaban J connectivity index is 2.61. The molecule has 4 nitrogen and oxygen atoms in total. The molecule has 0 aliphatic rings. The van der Waals surface area contributed by atoms with Gasteiger partial charge in [0.1, 0.15) is 5.52 Å². The van der Waals surface area contributed by atoms with Crippen LogP contribution in [0, 0.1) is 10.1 Å². The van der Waals surface area contributed by atoms with Crippen LogP contribution in [0.15, 0.2) is 30.5 Å². The van der Waals surface area contributed by atoms with E-state index in [-0.39, 0.29) is 11.2 Å². The lowest BCUT2D eigenvalue weighted by atomic mass is 9.92. The maximum atomic E-state index is 12.4. The second-order valence-corrected chi connectivity index (χ2v) is 3.65. The topological polar surface area (TPSA) is 48.1 Å². The number of non-ortho nitro benzene ring substituents is 1. The fourth-order valence-electron chi connectivity index (χ4n) is 1.76. The van der Waals surface area contributed by atoms with Gasteiger partial charge in [0.25, 0.3) is 5.69 Å². The monoisotopic (exact) mass is 243 g/mol. The first kappa shape index (κ1) is 11.5. The summed E-state index contributed by atoms with van der Waals surface area (Å²) in [6.45, 7) is -5.03. The van der Waals surface area contributed by atoms with Crippen LogP contribution >= 0.6 is 0 Å². The summed E-state index contributed by atoms with van der Waals surface area (Å²) in [5.74, 6) is 0.